The highest BCUT2D eigenvalue weighted by Gasteiger charge is 2.32. The van der Waals surface area contributed by atoms with Crippen molar-refractivity contribution in [2.24, 2.45) is 4.99 Å². The highest BCUT2D eigenvalue weighted by atomic mass is 16.5. The summed E-state index contributed by atoms with van der Waals surface area (Å²) in [6, 6.07) is 27.0. The standard InChI is InChI=1S/C42H43N5O5/c1-28(52-39-26-37-35(25-38(39)50-2)41(48)46-22-9-12-32(46)27-43-37)19-23-51-33-16-13-30(14-17-33)47-40(29-10-5-3-6-11-29)44-36-18-15-31(24-34(36)42(47)49)45-20-7-4-8-21-45/h3,5-6,10-11,13-18,24-28,32H,4,7-9,12,19-23H2,1-2H3/t28?,32-/m0/s1. The minimum Gasteiger partial charge on any atom is -0.493 e. The SMILES string of the molecule is COc1cc2c(cc1OC(C)CCOc1ccc(-n3c(-c4ccccc4)nc4ccc(N5CCCCC5)cc4c3=O)cc1)N=C[C@@H]1CCCN1C2=O. The van der Waals surface area contributed by atoms with Crippen molar-refractivity contribution in [3.63, 3.8) is 0 Å². The fourth-order valence-electron chi connectivity index (χ4n) is 7.45. The first-order valence-electron chi connectivity index (χ1n) is 18.3. The number of amides is 1. The van der Waals surface area contributed by atoms with E-state index >= 15 is 0 Å². The maximum Gasteiger partial charge on any atom is 0.266 e. The topological polar surface area (TPSA) is 98.5 Å². The van der Waals surface area contributed by atoms with Crippen molar-refractivity contribution in [3.8, 4) is 34.3 Å². The Bertz CT molecular complexity index is 2180. The quantitative estimate of drug-likeness (QED) is 0.148. The number of methoxy groups -OCH3 is 1. The Balaban J connectivity index is 0.983. The van der Waals surface area contributed by atoms with Crippen LogP contribution in [-0.2, 0) is 0 Å². The molecule has 2 fully saturated rings. The summed E-state index contributed by atoms with van der Waals surface area (Å²) in [6.45, 7) is 5.12. The van der Waals surface area contributed by atoms with Gasteiger partial charge in [0, 0.05) is 49.6 Å². The Morgan fingerprint density at radius 3 is 2.42 bits per heavy atom. The molecular formula is C42H43N5O5. The number of carbonyl (C=O) groups excluding carboxylic acids is 1. The van der Waals surface area contributed by atoms with Crippen LogP contribution < -0.4 is 24.7 Å². The molecule has 0 radical (unpaired) electrons. The molecule has 10 heteroatoms. The summed E-state index contributed by atoms with van der Waals surface area (Å²) >= 11 is 0. The summed E-state index contributed by atoms with van der Waals surface area (Å²) in [5, 5.41) is 0.599. The number of ether oxygens (including phenoxy) is 3. The molecule has 52 heavy (non-hydrogen) atoms. The minimum absolute atomic E-state index is 0.0210. The molecule has 5 aromatic rings. The van der Waals surface area contributed by atoms with Crippen molar-refractivity contribution in [2.45, 2.75) is 57.6 Å². The van der Waals surface area contributed by atoms with E-state index in [1.807, 2.05) is 84.8 Å². The molecule has 8 rings (SSSR count). The third kappa shape index (κ3) is 6.61. The van der Waals surface area contributed by atoms with E-state index in [4.69, 9.17) is 19.2 Å². The molecule has 1 aromatic heterocycles. The monoisotopic (exact) mass is 697 g/mol. The van der Waals surface area contributed by atoms with Crippen LogP contribution >= 0.6 is 0 Å². The van der Waals surface area contributed by atoms with Crippen molar-refractivity contribution in [1.29, 1.82) is 0 Å². The molecule has 4 heterocycles. The van der Waals surface area contributed by atoms with Gasteiger partial charge in [0.25, 0.3) is 11.5 Å². The predicted molar refractivity (Wildman–Crippen MR) is 204 cm³/mol. The van der Waals surface area contributed by atoms with E-state index in [9.17, 15) is 9.59 Å². The van der Waals surface area contributed by atoms with E-state index in [1.54, 1.807) is 23.8 Å². The first kappa shape index (κ1) is 33.5. The zero-order valence-corrected chi connectivity index (χ0v) is 29.7. The van der Waals surface area contributed by atoms with E-state index in [0.717, 1.165) is 56.6 Å². The maximum absolute atomic E-state index is 14.3. The number of anilines is 1. The molecule has 1 amide bonds. The number of hydrogen-bond donors (Lipinski definition) is 0. The molecule has 2 atom stereocenters. The molecule has 3 aliphatic heterocycles. The number of nitrogens with zero attached hydrogens (tertiary/aromatic N) is 5. The van der Waals surface area contributed by atoms with E-state index in [2.05, 4.69) is 16.0 Å². The Labute approximate surface area is 303 Å². The van der Waals surface area contributed by atoms with Gasteiger partial charge in [-0.15, -0.1) is 0 Å². The van der Waals surface area contributed by atoms with Gasteiger partial charge >= 0.3 is 0 Å². The number of hydrogen-bond acceptors (Lipinski definition) is 8. The molecule has 0 saturated carbocycles. The molecule has 4 aromatic carbocycles. The van der Waals surface area contributed by atoms with Gasteiger partial charge in [0.2, 0.25) is 0 Å². The second kappa shape index (κ2) is 14.5. The molecule has 10 nitrogen and oxygen atoms in total. The molecule has 2 saturated heterocycles. The Kier molecular flexibility index (Phi) is 9.37. The van der Waals surface area contributed by atoms with Crippen LogP contribution in [-0.4, -0.2) is 72.1 Å². The predicted octanol–water partition coefficient (Wildman–Crippen LogP) is 7.61. The average Bonchev–Trinajstić information content (AvgIpc) is 3.62. The Morgan fingerprint density at radius 1 is 0.846 bits per heavy atom. The molecule has 1 unspecified atom stereocenters. The lowest BCUT2D eigenvalue weighted by Crippen LogP contribution is -2.35. The van der Waals surface area contributed by atoms with Gasteiger partial charge in [0.05, 0.1) is 53.7 Å². The van der Waals surface area contributed by atoms with Gasteiger partial charge in [-0.1, -0.05) is 30.3 Å². The van der Waals surface area contributed by atoms with Gasteiger partial charge in [-0.3, -0.25) is 19.1 Å². The van der Waals surface area contributed by atoms with Gasteiger partial charge < -0.3 is 24.0 Å². The van der Waals surface area contributed by atoms with Crippen molar-refractivity contribution in [2.75, 3.05) is 38.3 Å². The van der Waals surface area contributed by atoms with Crippen LogP contribution in [0, 0.1) is 0 Å². The molecule has 0 bridgehead atoms. The molecule has 0 N–H and O–H groups in total. The summed E-state index contributed by atoms with van der Waals surface area (Å²) in [7, 11) is 1.58. The molecular weight excluding hydrogens is 654 g/mol. The molecule has 0 aliphatic carbocycles. The number of piperidine rings is 1. The molecule has 0 spiro atoms. The zero-order chi connectivity index (χ0) is 35.6. The lowest BCUT2D eigenvalue weighted by atomic mass is 10.1. The average molecular weight is 698 g/mol. The van der Waals surface area contributed by atoms with Crippen molar-refractivity contribution < 1.29 is 19.0 Å². The Hall–Kier alpha value is -5.64. The second-order valence-electron chi connectivity index (χ2n) is 13.8. The number of benzene rings is 4. The van der Waals surface area contributed by atoms with Gasteiger partial charge in [-0.25, -0.2) is 4.98 Å². The lowest BCUT2D eigenvalue weighted by Gasteiger charge is -2.29. The smallest absolute Gasteiger partial charge is 0.266 e. The lowest BCUT2D eigenvalue weighted by molar-refractivity contribution is 0.0774. The number of fused-ring (bicyclic) bond motifs is 3. The fourth-order valence-corrected chi connectivity index (χ4v) is 7.45. The van der Waals surface area contributed by atoms with Crippen molar-refractivity contribution in [3.05, 3.63) is 101 Å². The Morgan fingerprint density at radius 2 is 1.63 bits per heavy atom. The summed E-state index contributed by atoms with van der Waals surface area (Å²) in [5.74, 6) is 2.29. The number of aliphatic imine (C=N–C) groups is 1. The summed E-state index contributed by atoms with van der Waals surface area (Å²) in [6.07, 6.45) is 7.75. The van der Waals surface area contributed by atoms with Gasteiger partial charge in [-0.05, 0) is 87.6 Å². The van der Waals surface area contributed by atoms with Gasteiger partial charge in [-0.2, -0.15) is 0 Å². The highest BCUT2D eigenvalue weighted by molar-refractivity contribution is 6.03. The fraction of sp³-hybridized carbons (Fsp3) is 0.333. The number of carbonyl (C=O) groups is 1. The van der Waals surface area contributed by atoms with E-state index in [-0.39, 0.29) is 23.6 Å². The first-order valence-corrected chi connectivity index (χ1v) is 18.3. The van der Waals surface area contributed by atoms with Crippen LogP contribution in [0.15, 0.2) is 94.7 Å². The van der Waals surface area contributed by atoms with E-state index < -0.39 is 0 Å². The molecule has 3 aliphatic rings. The van der Waals surface area contributed by atoms with Crippen LogP contribution in [0.25, 0.3) is 28.0 Å². The van der Waals surface area contributed by atoms with Crippen LogP contribution in [0.5, 0.6) is 17.2 Å². The van der Waals surface area contributed by atoms with Gasteiger partial charge in [0.15, 0.2) is 11.5 Å². The highest BCUT2D eigenvalue weighted by Crippen LogP contribution is 2.39. The van der Waals surface area contributed by atoms with Crippen LogP contribution in [0.3, 0.4) is 0 Å². The third-order valence-corrected chi connectivity index (χ3v) is 10.3. The zero-order valence-electron chi connectivity index (χ0n) is 29.7. The summed E-state index contributed by atoms with van der Waals surface area (Å²) < 4.78 is 19.7. The normalized spacial score (nSPS) is 17.4. The number of rotatable bonds is 10. The van der Waals surface area contributed by atoms with Crippen LogP contribution in [0.4, 0.5) is 11.4 Å². The van der Waals surface area contributed by atoms with Gasteiger partial charge in [0.1, 0.15) is 11.6 Å². The van der Waals surface area contributed by atoms with Crippen LogP contribution in [0.1, 0.15) is 55.8 Å². The van der Waals surface area contributed by atoms with Crippen molar-refractivity contribution in [1.82, 2.24) is 14.5 Å². The van der Waals surface area contributed by atoms with Crippen molar-refractivity contribution >= 4 is 34.4 Å². The second-order valence-corrected chi connectivity index (χ2v) is 13.8. The van der Waals surface area contributed by atoms with Crippen LogP contribution in [0.2, 0.25) is 0 Å². The minimum atomic E-state index is -0.203. The van der Waals surface area contributed by atoms with E-state index in [1.165, 1.54) is 6.42 Å². The largest absolute Gasteiger partial charge is 0.493 e. The third-order valence-electron chi connectivity index (χ3n) is 10.3. The first-order chi connectivity index (χ1) is 25.5. The van der Waals surface area contributed by atoms with E-state index in [0.29, 0.717) is 63.9 Å². The number of aromatic nitrogens is 2. The summed E-state index contributed by atoms with van der Waals surface area (Å²) in [4.78, 5) is 41.4. The maximum atomic E-state index is 14.3. The summed E-state index contributed by atoms with van der Waals surface area (Å²) in [5.41, 5.74) is 4.34. The molecule has 266 valence electrons.